The van der Waals surface area contributed by atoms with Crippen molar-refractivity contribution in [1.82, 2.24) is 0 Å². The summed E-state index contributed by atoms with van der Waals surface area (Å²) in [5.41, 5.74) is 0. The van der Waals surface area contributed by atoms with Crippen molar-refractivity contribution in [2.45, 2.75) is 31.3 Å². The Morgan fingerprint density at radius 1 is 1.36 bits per heavy atom. The van der Waals surface area contributed by atoms with Crippen molar-refractivity contribution in [3.8, 4) is 0 Å². The molecule has 3 aliphatic rings. The zero-order valence-electron chi connectivity index (χ0n) is 7.88. The van der Waals surface area contributed by atoms with Gasteiger partial charge in [-0.25, -0.2) is 0 Å². The number of carbonyl (C=O) groups is 1. The number of cyclic esters (lactones) is 1. The first-order valence-electron chi connectivity index (χ1n) is 4.91. The second kappa shape index (κ2) is 2.81. The Kier molecular flexibility index (Phi) is 1.69. The third-order valence-electron chi connectivity index (χ3n) is 3.02. The van der Waals surface area contributed by atoms with Crippen LogP contribution in [0.4, 0.5) is 0 Å². The molecule has 0 aromatic carbocycles. The third kappa shape index (κ3) is 1.04. The molecule has 3 heterocycles. The molecule has 5 atom stereocenters. The molecule has 4 heteroatoms. The minimum atomic E-state index is -0.179. The summed E-state index contributed by atoms with van der Waals surface area (Å²) in [4.78, 5) is 11.3. The maximum absolute atomic E-state index is 11.3. The predicted molar refractivity (Wildman–Crippen MR) is 46.6 cm³/mol. The molecule has 0 saturated carbocycles. The fraction of sp³-hybridized carbons (Fsp3) is 0.700. The van der Waals surface area contributed by atoms with Crippen LogP contribution in [-0.2, 0) is 19.0 Å². The van der Waals surface area contributed by atoms with Crippen molar-refractivity contribution in [2.24, 2.45) is 5.92 Å². The molecule has 3 saturated heterocycles. The Balaban J connectivity index is 1.81. The van der Waals surface area contributed by atoms with E-state index in [-0.39, 0.29) is 36.3 Å². The molecule has 0 aromatic heterocycles. The maximum atomic E-state index is 11.3. The molecule has 0 N–H and O–H groups in total. The van der Waals surface area contributed by atoms with Gasteiger partial charge in [0.25, 0.3) is 0 Å². The lowest BCUT2D eigenvalue weighted by atomic mass is 9.93. The average molecular weight is 196 g/mol. The van der Waals surface area contributed by atoms with Crippen LogP contribution in [0.2, 0.25) is 0 Å². The summed E-state index contributed by atoms with van der Waals surface area (Å²) < 4.78 is 16.1. The van der Waals surface area contributed by atoms with Crippen LogP contribution in [0.15, 0.2) is 12.2 Å². The lowest BCUT2D eigenvalue weighted by Crippen LogP contribution is -2.40. The quantitative estimate of drug-likeness (QED) is 0.343. The van der Waals surface area contributed by atoms with Gasteiger partial charge in [0.1, 0.15) is 36.9 Å². The minimum Gasteiger partial charge on any atom is -0.463 e. The number of rotatable bonds is 1. The van der Waals surface area contributed by atoms with Crippen LogP contribution in [-0.4, -0.2) is 37.0 Å². The van der Waals surface area contributed by atoms with Gasteiger partial charge in [0, 0.05) is 0 Å². The van der Waals surface area contributed by atoms with E-state index >= 15 is 0 Å². The number of carbonyl (C=O) groups excluding carboxylic acids is 1. The van der Waals surface area contributed by atoms with E-state index in [4.69, 9.17) is 14.2 Å². The molecule has 0 aromatic rings. The number of epoxide rings is 1. The standard InChI is InChI=1S/C10H12O4/c1-2-3-5-8-9(14-8)7-6(13-5)4-12-10(7)11/h2-3,5-9H,4H2,1H3/b3-2+/t5-,6+,7+,8+,9-/m1/s1. The second-order valence-corrected chi connectivity index (χ2v) is 3.89. The number of hydrogen-bond donors (Lipinski definition) is 0. The van der Waals surface area contributed by atoms with Crippen LogP contribution in [0.25, 0.3) is 0 Å². The van der Waals surface area contributed by atoms with E-state index in [0.29, 0.717) is 6.61 Å². The maximum Gasteiger partial charge on any atom is 0.314 e. The highest BCUT2D eigenvalue weighted by atomic mass is 16.7. The van der Waals surface area contributed by atoms with Crippen LogP contribution in [0.3, 0.4) is 0 Å². The first kappa shape index (κ1) is 8.44. The van der Waals surface area contributed by atoms with Crippen molar-refractivity contribution < 1.29 is 19.0 Å². The molecule has 76 valence electrons. The Bertz CT molecular complexity index is 298. The molecule has 3 rings (SSSR count). The van der Waals surface area contributed by atoms with E-state index in [9.17, 15) is 4.79 Å². The number of hydrogen-bond acceptors (Lipinski definition) is 4. The van der Waals surface area contributed by atoms with Gasteiger partial charge >= 0.3 is 5.97 Å². The topological polar surface area (TPSA) is 48.1 Å². The van der Waals surface area contributed by atoms with Gasteiger partial charge in [0.2, 0.25) is 0 Å². The summed E-state index contributed by atoms with van der Waals surface area (Å²) >= 11 is 0. The molecule has 0 amide bonds. The zero-order chi connectivity index (χ0) is 9.71. The molecule has 3 fully saturated rings. The van der Waals surface area contributed by atoms with Crippen molar-refractivity contribution in [1.29, 1.82) is 0 Å². The monoisotopic (exact) mass is 196 g/mol. The van der Waals surface area contributed by atoms with E-state index in [1.165, 1.54) is 0 Å². The summed E-state index contributed by atoms with van der Waals surface area (Å²) in [5.74, 6) is -0.345. The number of fused-ring (bicyclic) bond motifs is 3. The van der Waals surface area contributed by atoms with Gasteiger partial charge in [-0.05, 0) is 6.92 Å². The van der Waals surface area contributed by atoms with Crippen LogP contribution < -0.4 is 0 Å². The summed E-state index contributed by atoms with van der Waals surface area (Å²) in [6, 6.07) is 0. The summed E-state index contributed by atoms with van der Waals surface area (Å²) in [6.07, 6.45) is 3.92. The summed E-state index contributed by atoms with van der Waals surface area (Å²) in [7, 11) is 0. The Labute approximate surface area is 81.8 Å². The predicted octanol–water partition coefficient (Wildman–Crippen LogP) is 0.270. The SMILES string of the molecule is C/C=C/[C@H]1O[C@H]2COC(=O)[C@@H]2[C@H]2O[C@H]21. The van der Waals surface area contributed by atoms with Gasteiger partial charge in [-0.1, -0.05) is 12.2 Å². The molecular weight excluding hydrogens is 184 g/mol. The van der Waals surface area contributed by atoms with Gasteiger partial charge in [-0.15, -0.1) is 0 Å². The second-order valence-electron chi connectivity index (χ2n) is 3.89. The lowest BCUT2D eigenvalue weighted by Gasteiger charge is -2.24. The number of allylic oxidation sites excluding steroid dienone is 1. The van der Waals surface area contributed by atoms with E-state index in [0.717, 1.165) is 0 Å². The van der Waals surface area contributed by atoms with E-state index in [1.807, 2.05) is 19.1 Å². The number of esters is 1. The third-order valence-corrected chi connectivity index (χ3v) is 3.02. The first-order chi connectivity index (χ1) is 6.81. The molecule has 14 heavy (non-hydrogen) atoms. The molecule has 3 aliphatic heterocycles. The normalized spacial score (nSPS) is 50.1. The lowest BCUT2D eigenvalue weighted by molar-refractivity contribution is -0.142. The Morgan fingerprint density at radius 3 is 3.00 bits per heavy atom. The summed E-state index contributed by atoms with van der Waals surface area (Å²) in [5, 5.41) is 0. The number of ether oxygens (including phenoxy) is 3. The Morgan fingerprint density at radius 2 is 2.21 bits per heavy atom. The van der Waals surface area contributed by atoms with Gasteiger partial charge in [0.05, 0.1) is 0 Å². The van der Waals surface area contributed by atoms with Crippen LogP contribution in [0.5, 0.6) is 0 Å². The molecule has 0 spiro atoms. The van der Waals surface area contributed by atoms with Crippen molar-refractivity contribution >= 4 is 5.97 Å². The molecule has 0 radical (unpaired) electrons. The van der Waals surface area contributed by atoms with E-state index in [1.54, 1.807) is 0 Å². The Hall–Kier alpha value is -0.870. The van der Waals surface area contributed by atoms with Crippen molar-refractivity contribution in [3.63, 3.8) is 0 Å². The highest BCUT2D eigenvalue weighted by Gasteiger charge is 2.62. The van der Waals surface area contributed by atoms with E-state index < -0.39 is 0 Å². The van der Waals surface area contributed by atoms with Crippen molar-refractivity contribution in [3.05, 3.63) is 12.2 Å². The molecule has 0 bridgehead atoms. The molecule has 4 nitrogen and oxygen atoms in total. The van der Waals surface area contributed by atoms with E-state index in [2.05, 4.69) is 0 Å². The average Bonchev–Trinajstić information content (AvgIpc) is 2.88. The first-order valence-corrected chi connectivity index (χ1v) is 4.91. The van der Waals surface area contributed by atoms with Gasteiger partial charge in [-0.3, -0.25) is 4.79 Å². The molecular formula is C10H12O4. The smallest absolute Gasteiger partial charge is 0.314 e. The largest absolute Gasteiger partial charge is 0.463 e. The van der Waals surface area contributed by atoms with Crippen molar-refractivity contribution in [2.75, 3.05) is 6.61 Å². The highest BCUT2D eigenvalue weighted by Crippen LogP contribution is 2.44. The van der Waals surface area contributed by atoms with Crippen LogP contribution >= 0.6 is 0 Å². The van der Waals surface area contributed by atoms with Gasteiger partial charge < -0.3 is 14.2 Å². The molecule has 0 unspecified atom stereocenters. The van der Waals surface area contributed by atoms with Gasteiger partial charge in [-0.2, -0.15) is 0 Å². The highest BCUT2D eigenvalue weighted by molar-refractivity contribution is 5.76. The molecule has 0 aliphatic carbocycles. The minimum absolute atomic E-state index is 0.000694. The van der Waals surface area contributed by atoms with Crippen LogP contribution in [0.1, 0.15) is 6.92 Å². The van der Waals surface area contributed by atoms with Crippen LogP contribution in [0, 0.1) is 5.92 Å². The zero-order valence-corrected chi connectivity index (χ0v) is 7.88. The fourth-order valence-corrected chi connectivity index (χ4v) is 2.30. The summed E-state index contributed by atoms with van der Waals surface area (Å²) in [6.45, 7) is 2.33. The van der Waals surface area contributed by atoms with Gasteiger partial charge in [0.15, 0.2) is 0 Å². The fourth-order valence-electron chi connectivity index (χ4n) is 2.30.